The molecule has 0 bridgehead atoms. The molecule has 2 amide bonds. The highest BCUT2D eigenvalue weighted by molar-refractivity contribution is 9.10. The van der Waals surface area contributed by atoms with Gasteiger partial charge in [0.2, 0.25) is 21.8 Å². The molecular weight excluding hydrogens is 601 g/mol. The number of amides is 2. The Morgan fingerprint density at radius 3 is 2.24 bits per heavy atom. The van der Waals surface area contributed by atoms with Gasteiger partial charge in [-0.1, -0.05) is 67.6 Å². The first kappa shape index (κ1) is 29.7. The first-order chi connectivity index (χ1) is 17.5. The van der Waals surface area contributed by atoms with Crippen molar-refractivity contribution in [3.8, 4) is 0 Å². The number of para-hydroxylation sites is 1. The number of hydrogen-bond donors (Lipinski definition) is 1. The zero-order valence-corrected chi connectivity index (χ0v) is 24.8. The van der Waals surface area contributed by atoms with Gasteiger partial charge < -0.3 is 10.2 Å². The third kappa shape index (κ3) is 7.85. The molecule has 1 N–H and O–H groups in total. The summed E-state index contributed by atoms with van der Waals surface area (Å²) in [4.78, 5) is 28.7. The molecule has 0 radical (unpaired) electrons. The van der Waals surface area contributed by atoms with Crippen molar-refractivity contribution in [2.75, 3.05) is 17.1 Å². The van der Waals surface area contributed by atoms with E-state index in [-0.39, 0.29) is 18.5 Å². The lowest BCUT2D eigenvalue weighted by Gasteiger charge is -2.34. The molecular formula is C26H32BrCl2N3O4S. The molecule has 0 saturated heterocycles. The number of halogens is 3. The zero-order valence-electron chi connectivity index (χ0n) is 20.9. The van der Waals surface area contributed by atoms with Crippen LogP contribution in [0, 0.1) is 0 Å². The zero-order chi connectivity index (χ0) is 27.2. The fourth-order valence-electron chi connectivity index (χ4n) is 4.57. The fourth-order valence-corrected chi connectivity index (χ4v) is 6.56. The van der Waals surface area contributed by atoms with Crippen molar-refractivity contribution in [1.29, 1.82) is 0 Å². The van der Waals surface area contributed by atoms with Crippen molar-refractivity contribution >= 4 is 66.7 Å². The molecule has 1 fully saturated rings. The van der Waals surface area contributed by atoms with Crippen LogP contribution in [-0.2, 0) is 26.2 Å². The third-order valence-corrected chi connectivity index (χ3v) is 9.03. The summed E-state index contributed by atoms with van der Waals surface area (Å²) in [5, 5.41) is 3.83. The molecule has 1 saturated carbocycles. The van der Waals surface area contributed by atoms with Crippen molar-refractivity contribution in [3.05, 3.63) is 62.5 Å². The second-order valence-corrected chi connectivity index (χ2v) is 12.8. The molecule has 2 aromatic rings. The molecule has 1 aliphatic carbocycles. The van der Waals surface area contributed by atoms with Crippen LogP contribution >= 0.6 is 39.1 Å². The van der Waals surface area contributed by atoms with E-state index in [0.717, 1.165) is 42.7 Å². The molecule has 37 heavy (non-hydrogen) atoms. The summed E-state index contributed by atoms with van der Waals surface area (Å²) >= 11 is 16.2. The summed E-state index contributed by atoms with van der Waals surface area (Å²) in [6, 6.07) is 11.0. The lowest BCUT2D eigenvalue weighted by Crippen LogP contribution is -2.54. The Morgan fingerprint density at radius 1 is 1.05 bits per heavy atom. The van der Waals surface area contributed by atoms with Gasteiger partial charge in [-0.15, -0.1) is 0 Å². The lowest BCUT2D eigenvalue weighted by atomic mass is 9.95. The standard InChI is InChI=1S/C26H32BrCl2N3O4S/c1-3-23(26(34)30-18-10-5-4-6-11-18)31(16-19-21(28)13-9-14-22(19)29)25(33)17-32(37(2,35)36)24-15-8-7-12-20(24)27/h7-9,12-15,18,23H,3-6,10-11,16-17H2,1-2H3,(H,30,34)/t23-/m1/s1. The molecule has 7 nitrogen and oxygen atoms in total. The van der Waals surface area contributed by atoms with E-state index in [1.54, 1.807) is 42.5 Å². The van der Waals surface area contributed by atoms with E-state index in [1.807, 2.05) is 6.92 Å². The minimum absolute atomic E-state index is 0.0402. The second-order valence-electron chi connectivity index (χ2n) is 9.21. The van der Waals surface area contributed by atoms with Crippen LogP contribution in [0.5, 0.6) is 0 Å². The molecule has 1 atom stereocenters. The smallest absolute Gasteiger partial charge is 0.244 e. The van der Waals surface area contributed by atoms with Gasteiger partial charge in [0.25, 0.3) is 0 Å². The van der Waals surface area contributed by atoms with Crippen LogP contribution in [0.1, 0.15) is 51.0 Å². The van der Waals surface area contributed by atoms with Gasteiger partial charge in [0.05, 0.1) is 11.9 Å². The molecule has 202 valence electrons. The van der Waals surface area contributed by atoms with Crippen LogP contribution in [0.4, 0.5) is 5.69 Å². The Kier molecular flexibility index (Phi) is 10.7. The van der Waals surface area contributed by atoms with Gasteiger partial charge >= 0.3 is 0 Å². The van der Waals surface area contributed by atoms with Gasteiger partial charge in [0.1, 0.15) is 12.6 Å². The van der Waals surface area contributed by atoms with E-state index in [2.05, 4.69) is 21.2 Å². The highest BCUT2D eigenvalue weighted by atomic mass is 79.9. The molecule has 0 heterocycles. The van der Waals surface area contributed by atoms with E-state index in [1.165, 1.54) is 4.90 Å². The highest BCUT2D eigenvalue weighted by Crippen LogP contribution is 2.30. The third-order valence-electron chi connectivity index (χ3n) is 6.53. The summed E-state index contributed by atoms with van der Waals surface area (Å²) in [6.07, 6.45) is 6.42. The number of nitrogens with zero attached hydrogens (tertiary/aromatic N) is 2. The number of carbonyl (C=O) groups excluding carboxylic acids is 2. The summed E-state index contributed by atoms with van der Waals surface area (Å²) in [5.74, 6) is -0.805. The van der Waals surface area contributed by atoms with Gasteiger partial charge in [-0.3, -0.25) is 13.9 Å². The number of benzene rings is 2. The van der Waals surface area contributed by atoms with Gasteiger partial charge in [-0.05, 0) is 59.5 Å². The van der Waals surface area contributed by atoms with E-state index >= 15 is 0 Å². The maximum Gasteiger partial charge on any atom is 0.244 e. The average Bonchev–Trinajstić information content (AvgIpc) is 2.84. The predicted octanol–water partition coefficient (Wildman–Crippen LogP) is 5.78. The summed E-state index contributed by atoms with van der Waals surface area (Å²) in [5.41, 5.74) is 0.823. The minimum atomic E-state index is -3.83. The number of sulfonamides is 1. The molecule has 2 aromatic carbocycles. The van der Waals surface area contributed by atoms with Crippen LogP contribution in [0.25, 0.3) is 0 Å². The first-order valence-electron chi connectivity index (χ1n) is 12.3. The summed E-state index contributed by atoms with van der Waals surface area (Å²) in [6.45, 7) is 1.29. The summed E-state index contributed by atoms with van der Waals surface area (Å²) in [7, 11) is -3.83. The average molecular weight is 633 g/mol. The normalized spacial score (nSPS) is 15.2. The van der Waals surface area contributed by atoms with Crippen LogP contribution in [0.3, 0.4) is 0 Å². The lowest BCUT2D eigenvalue weighted by molar-refractivity contribution is -0.140. The molecule has 0 aliphatic heterocycles. The van der Waals surface area contributed by atoms with Crippen LogP contribution in [0.2, 0.25) is 10.0 Å². The number of carbonyl (C=O) groups is 2. The van der Waals surface area contributed by atoms with Gasteiger partial charge in [-0.2, -0.15) is 0 Å². The molecule has 0 unspecified atom stereocenters. The van der Waals surface area contributed by atoms with Gasteiger partial charge in [0.15, 0.2) is 0 Å². The monoisotopic (exact) mass is 631 g/mol. The van der Waals surface area contributed by atoms with E-state index < -0.39 is 28.5 Å². The Labute approximate surface area is 237 Å². The molecule has 11 heteroatoms. The maximum absolute atomic E-state index is 13.8. The first-order valence-corrected chi connectivity index (χ1v) is 15.7. The minimum Gasteiger partial charge on any atom is -0.352 e. The molecule has 3 rings (SSSR count). The van der Waals surface area contributed by atoms with Crippen molar-refractivity contribution in [2.45, 2.75) is 64.1 Å². The number of anilines is 1. The van der Waals surface area contributed by atoms with Crippen molar-refractivity contribution in [3.63, 3.8) is 0 Å². The van der Waals surface area contributed by atoms with Crippen molar-refractivity contribution in [2.24, 2.45) is 0 Å². The molecule has 1 aliphatic rings. The Balaban J connectivity index is 1.97. The predicted molar refractivity (Wildman–Crippen MR) is 152 cm³/mol. The van der Waals surface area contributed by atoms with E-state index in [9.17, 15) is 18.0 Å². The topological polar surface area (TPSA) is 86.8 Å². The van der Waals surface area contributed by atoms with Gasteiger partial charge in [0, 0.05) is 32.7 Å². The Bertz CT molecular complexity index is 1200. The molecule has 0 aromatic heterocycles. The Hall–Kier alpha value is -1.81. The quantitative estimate of drug-likeness (QED) is 0.360. The van der Waals surface area contributed by atoms with Crippen LogP contribution in [-0.4, -0.2) is 50.0 Å². The van der Waals surface area contributed by atoms with Gasteiger partial charge in [-0.25, -0.2) is 8.42 Å². The fraction of sp³-hybridized carbons (Fsp3) is 0.462. The maximum atomic E-state index is 13.8. The van der Waals surface area contributed by atoms with E-state index in [4.69, 9.17) is 23.2 Å². The highest BCUT2D eigenvalue weighted by Gasteiger charge is 2.33. The Morgan fingerprint density at radius 2 is 1.68 bits per heavy atom. The van der Waals surface area contributed by atoms with Crippen molar-refractivity contribution in [1.82, 2.24) is 10.2 Å². The SMILES string of the molecule is CC[C@H](C(=O)NC1CCCCC1)N(Cc1c(Cl)cccc1Cl)C(=O)CN(c1ccccc1Br)S(C)(=O)=O. The van der Waals surface area contributed by atoms with Crippen molar-refractivity contribution < 1.29 is 18.0 Å². The van der Waals surface area contributed by atoms with Crippen LogP contribution < -0.4 is 9.62 Å². The number of rotatable bonds is 10. The number of hydrogen-bond acceptors (Lipinski definition) is 4. The second kappa shape index (κ2) is 13.3. The summed E-state index contributed by atoms with van der Waals surface area (Å²) < 4.78 is 27.1. The number of nitrogens with one attached hydrogen (secondary N) is 1. The van der Waals surface area contributed by atoms with E-state index in [0.29, 0.717) is 32.2 Å². The largest absolute Gasteiger partial charge is 0.352 e. The molecule has 0 spiro atoms. The van der Waals surface area contributed by atoms with Crippen LogP contribution in [0.15, 0.2) is 46.9 Å².